The molecule has 3 fully saturated rings. The molecule has 3 aliphatic rings. The Hall–Kier alpha value is -3.07. The zero-order valence-corrected chi connectivity index (χ0v) is 18.3. The van der Waals surface area contributed by atoms with Gasteiger partial charge in [0.15, 0.2) is 5.60 Å². The van der Waals surface area contributed by atoms with E-state index in [1.807, 2.05) is 6.92 Å². The summed E-state index contributed by atoms with van der Waals surface area (Å²) in [4.78, 5) is 34.0. The minimum absolute atomic E-state index is 0.164. The van der Waals surface area contributed by atoms with Gasteiger partial charge in [0, 0.05) is 38.1 Å². The van der Waals surface area contributed by atoms with E-state index >= 15 is 0 Å². The predicted molar refractivity (Wildman–Crippen MR) is 113 cm³/mol. The molecule has 3 saturated heterocycles. The zero-order chi connectivity index (χ0) is 23.2. The first-order valence-electron chi connectivity index (χ1n) is 11.3. The number of fused-ring (bicyclic) bond motifs is 1. The number of hydrogen-bond acceptors (Lipinski definition) is 5. The molecule has 0 N–H and O–H groups in total. The van der Waals surface area contributed by atoms with Gasteiger partial charge in [0.2, 0.25) is 5.88 Å². The van der Waals surface area contributed by atoms with Crippen LogP contribution in [0.4, 0.5) is 8.78 Å². The van der Waals surface area contributed by atoms with Gasteiger partial charge in [-0.25, -0.2) is 13.8 Å². The first kappa shape index (κ1) is 21.8. The van der Waals surface area contributed by atoms with Crippen molar-refractivity contribution in [3.8, 4) is 5.88 Å². The highest BCUT2D eigenvalue weighted by atomic mass is 19.1. The molecule has 2 aromatic rings. The van der Waals surface area contributed by atoms with Crippen molar-refractivity contribution < 1.29 is 27.8 Å². The highest BCUT2D eigenvalue weighted by molar-refractivity contribution is 5.93. The molecule has 1 aromatic heterocycles. The largest absolute Gasteiger partial charge is 0.478 e. The Morgan fingerprint density at radius 1 is 1.18 bits per heavy atom. The van der Waals surface area contributed by atoms with Gasteiger partial charge in [-0.05, 0) is 43.5 Å². The number of pyridine rings is 1. The van der Waals surface area contributed by atoms with Crippen molar-refractivity contribution in [2.75, 3.05) is 19.7 Å². The Morgan fingerprint density at radius 3 is 2.61 bits per heavy atom. The number of rotatable bonds is 4. The summed E-state index contributed by atoms with van der Waals surface area (Å²) in [6.07, 6.45) is 1.50. The van der Waals surface area contributed by atoms with Crippen LogP contribution in [0.5, 0.6) is 5.88 Å². The summed E-state index contributed by atoms with van der Waals surface area (Å²) in [7, 11) is 0. The van der Waals surface area contributed by atoms with Crippen LogP contribution in [-0.4, -0.2) is 58.1 Å². The number of likely N-dealkylation sites (tertiary alicyclic amines) is 1. The molecular weight excluding hydrogens is 432 g/mol. The van der Waals surface area contributed by atoms with Gasteiger partial charge >= 0.3 is 0 Å². The van der Waals surface area contributed by atoms with E-state index in [1.54, 1.807) is 28.0 Å². The fourth-order valence-electron chi connectivity index (χ4n) is 5.14. The van der Waals surface area contributed by atoms with Crippen LogP contribution in [0.2, 0.25) is 0 Å². The van der Waals surface area contributed by atoms with Crippen LogP contribution in [0, 0.1) is 11.6 Å². The van der Waals surface area contributed by atoms with Crippen molar-refractivity contribution >= 4 is 11.8 Å². The molecule has 5 rings (SSSR count). The number of piperidine rings is 1. The molecule has 174 valence electrons. The summed E-state index contributed by atoms with van der Waals surface area (Å²) in [6.45, 7) is 3.01. The second kappa shape index (κ2) is 8.37. The van der Waals surface area contributed by atoms with Gasteiger partial charge in [-0.2, -0.15) is 0 Å². The standard InChI is InChI=1S/C24H25F2N3O4/c1-2-32-20-5-3-4-18(27-20)22(30)28-10-8-24(9-11-28)23(31)29-19(6-7-21(29)33-24)15-12-16(25)14-17(26)13-15/h3-5,12-14,19,21H,2,6-11H2,1H3. The Labute approximate surface area is 190 Å². The first-order valence-corrected chi connectivity index (χ1v) is 11.3. The van der Waals surface area contributed by atoms with E-state index in [9.17, 15) is 18.4 Å². The molecule has 1 aromatic carbocycles. The monoisotopic (exact) mass is 457 g/mol. The molecule has 7 nitrogen and oxygen atoms in total. The number of ether oxygens (including phenoxy) is 2. The number of nitrogens with zero attached hydrogens (tertiary/aromatic N) is 3. The normalized spacial score (nSPS) is 23.8. The van der Waals surface area contributed by atoms with Crippen LogP contribution in [0.3, 0.4) is 0 Å². The molecule has 0 radical (unpaired) electrons. The van der Waals surface area contributed by atoms with Gasteiger partial charge in [-0.1, -0.05) is 6.07 Å². The third kappa shape index (κ3) is 3.84. The van der Waals surface area contributed by atoms with Crippen molar-refractivity contribution in [2.24, 2.45) is 0 Å². The van der Waals surface area contributed by atoms with Gasteiger partial charge in [0.25, 0.3) is 11.8 Å². The number of aromatic nitrogens is 1. The molecule has 2 amide bonds. The number of carbonyl (C=O) groups excluding carboxylic acids is 2. The van der Waals surface area contributed by atoms with Crippen molar-refractivity contribution in [3.63, 3.8) is 0 Å². The Morgan fingerprint density at radius 2 is 1.91 bits per heavy atom. The summed E-state index contributed by atoms with van der Waals surface area (Å²) in [6, 6.07) is 8.03. The Balaban J connectivity index is 1.29. The van der Waals surface area contributed by atoms with Crippen LogP contribution >= 0.6 is 0 Å². The molecule has 0 aliphatic carbocycles. The summed E-state index contributed by atoms with van der Waals surface area (Å²) in [5, 5.41) is 0. The third-order valence-electron chi connectivity index (χ3n) is 6.68. The molecule has 1 spiro atoms. The molecular formula is C24H25F2N3O4. The van der Waals surface area contributed by atoms with E-state index in [0.29, 0.717) is 62.5 Å². The average Bonchev–Trinajstić information content (AvgIpc) is 3.32. The van der Waals surface area contributed by atoms with Gasteiger partial charge in [-0.3, -0.25) is 9.59 Å². The topological polar surface area (TPSA) is 72.0 Å². The smallest absolute Gasteiger partial charge is 0.272 e. The van der Waals surface area contributed by atoms with E-state index in [-0.39, 0.29) is 11.8 Å². The van der Waals surface area contributed by atoms with Crippen molar-refractivity contribution in [3.05, 3.63) is 59.3 Å². The maximum Gasteiger partial charge on any atom is 0.272 e. The van der Waals surface area contributed by atoms with Crippen molar-refractivity contribution in [1.82, 2.24) is 14.8 Å². The summed E-state index contributed by atoms with van der Waals surface area (Å²) in [5.74, 6) is -1.31. The average molecular weight is 457 g/mol. The zero-order valence-electron chi connectivity index (χ0n) is 18.3. The fourth-order valence-corrected chi connectivity index (χ4v) is 5.14. The van der Waals surface area contributed by atoms with E-state index < -0.39 is 29.5 Å². The summed E-state index contributed by atoms with van der Waals surface area (Å²) < 4.78 is 39.2. The first-order chi connectivity index (χ1) is 15.9. The Kier molecular flexibility index (Phi) is 5.52. The second-order valence-corrected chi connectivity index (χ2v) is 8.66. The number of amides is 2. The van der Waals surface area contributed by atoms with Gasteiger partial charge in [0.1, 0.15) is 23.6 Å². The molecule has 9 heteroatoms. The minimum Gasteiger partial charge on any atom is -0.478 e. The van der Waals surface area contributed by atoms with Gasteiger partial charge in [0.05, 0.1) is 12.6 Å². The van der Waals surface area contributed by atoms with Crippen LogP contribution in [0.15, 0.2) is 36.4 Å². The van der Waals surface area contributed by atoms with Crippen molar-refractivity contribution in [2.45, 2.75) is 50.5 Å². The molecule has 33 heavy (non-hydrogen) atoms. The summed E-state index contributed by atoms with van der Waals surface area (Å²) in [5.41, 5.74) is -0.270. The summed E-state index contributed by atoms with van der Waals surface area (Å²) >= 11 is 0. The van der Waals surface area contributed by atoms with E-state index in [1.165, 1.54) is 12.1 Å². The quantitative estimate of drug-likeness (QED) is 0.703. The van der Waals surface area contributed by atoms with Crippen molar-refractivity contribution in [1.29, 1.82) is 0 Å². The van der Waals surface area contributed by atoms with Crippen LogP contribution < -0.4 is 4.74 Å². The maximum atomic E-state index is 13.8. The highest BCUT2D eigenvalue weighted by Gasteiger charge is 2.58. The van der Waals surface area contributed by atoms with Crippen LogP contribution in [0.1, 0.15) is 54.7 Å². The van der Waals surface area contributed by atoms with E-state index in [2.05, 4.69) is 4.98 Å². The number of hydrogen-bond donors (Lipinski definition) is 0. The third-order valence-corrected chi connectivity index (χ3v) is 6.68. The number of carbonyl (C=O) groups is 2. The molecule has 0 bridgehead atoms. The lowest BCUT2D eigenvalue weighted by molar-refractivity contribution is -0.142. The minimum atomic E-state index is -1.01. The van der Waals surface area contributed by atoms with E-state index in [4.69, 9.17) is 9.47 Å². The lowest BCUT2D eigenvalue weighted by atomic mass is 9.89. The van der Waals surface area contributed by atoms with Gasteiger partial charge in [-0.15, -0.1) is 0 Å². The molecule has 3 aliphatic heterocycles. The Bertz CT molecular complexity index is 1070. The van der Waals surface area contributed by atoms with E-state index in [0.717, 1.165) is 6.07 Å². The maximum absolute atomic E-state index is 13.8. The van der Waals surface area contributed by atoms with Crippen LogP contribution in [0.25, 0.3) is 0 Å². The number of halogens is 2. The van der Waals surface area contributed by atoms with Gasteiger partial charge < -0.3 is 19.3 Å². The second-order valence-electron chi connectivity index (χ2n) is 8.66. The molecule has 4 heterocycles. The lowest BCUT2D eigenvalue weighted by Gasteiger charge is -2.37. The fraction of sp³-hybridized carbons (Fsp3) is 0.458. The lowest BCUT2D eigenvalue weighted by Crippen LogP contribution is -2.51. The number of benzene rings is 1. The molecule has 2 unspecified atom stereocenters. The molecule has 0 saturated carbocycles. The molecule has 2 atom stereocenters. The predicted octanol–water partition coefficient (Wildman–Crippen LogP) is 3.45. The SMILES string of the molecule is CCOc1cccc(C(=O)N2CCC3(CC2)OC2CCC(c4cc(F)cc(F)c4)N2C3=O)n1. The highest BCUT2D eigenvalue weighted by Crippen LogP contribution is 2.47. The van der Waals surface area contributed by atoms with Crippen LogP contribution in [-0.2, 0) is 9.53 Å².